The molecule has 0 nitrogen and oxygen atoms in total. The molecule has 1 aromatic rings. The Balaban J connectivity index is 4.25. The van der Waals surface area contributed by atoms with Gasteiger partial charge in [0.05, 0.1) is 0 Å². The van der Waals surface area contributed by atoms with Crippen LogP contribution in [-0.2, 0) is 16.2 Å². The topological polar surface area (TPSA) is 0 Å². The van der Waals surface area contributed by atoms with Gasteiger partial charge in [-0.1, -0.05) is 154 Å². The predicted molar refractivity (Wildman–Crippen MR) is 184 cm³/mol. The van der Waals surface area contributed by atoms with Crippen LogP contribution in [-0.4, -0.2) is 21.4 Å². The molecule has 0 saturated carbocycles. The fourth-order valence-electron chi connectivity index (χ4n) is 3.34. The van der Waals surface area contributed by atoms with E-state index in [-0.39, 0.29) is 26.3 Å². The monoisotopic (exact) mass is 566 g/mol. The number of hydrogen-bond acceptors (Lipinski definition) is 0. The number of rotatable bonds is 1. The lowest BCUT2D eigenvalue weighted by Crippen LogP contribution is -2.36. The number of hydrogen-bond donors (Lipinski definition) is 0. The molecule has 0 bridgehead atoms. The van der Waals surface area contributed by atoms with Crippen LogP contribution in [0.5, 0.6) is 0 Å². The molecule has 0 aromatic heterocycles. The first-order chi connectivity index (χ1) is 16.5. The summed E-state index contributed by atoms with van der Waals surface area (Å²) in [7, 11) is -2.39. The average molecular weight is 567 g/mol. The zero-order valence-electron chi connectivity index (χ0n) is 28.6. The zero-order chi connectivity index (χ0) is 30.3. The lowest BCUT2D eigenvalue weighted by atomic mass is 9.75. The number of benzene rings is 1. The summed E-state index contributed by atoms with van der Waals surface area (Å²) in [4.78, 5) is 0. The molecule has 0 N–H and O–H groups in total. The van der Waals surface area contributed by atoms with Gasteiger partial charge in [-0.15, -0.1) is 11.1 Å². The van der Waals surface area contributed by atoms with E-state index in [9.17, 15) is 0 Å². The van der Waals surface area contributed by atoms with Gasteiger partial charge in [-0.3, -0.25) is 0 Å². The Morgan fingerprint density at radius 1 is 0.553 bits per heavy atom. The van der Waals surface area contributed by atoms with Crippen LogP contribution in [0.2, 0.25) is 36.3 Å². The van der Waals surface area contributed by atoms with Crippen LogP contribution >= 0.6 is 8.20 Å². The van der Waals surface area contributed by atoms with E-state index in [0.29, 0.717) is 0 Å². The van der Waals surface area contributed by atoms with Gasteiger partial charge in [0.25, 0.3) is 0 Å². The van der Waals surface area contributed by atoms with Crippen LogP contribution in [0.25, 0.3) is 0 Å². The molecule has 0 spiro atoms. The zero-order valence-corrected chi connectivity index (χ0v) is 31.5. The molecule has 0 amide bonds. The molecule has 0 atom stereocenters. The van der Waals surface area contributed by atoms with Gasteiger partial charge in [0, 0.05) is 5.30 Å². The van der Waals surface area contributed by atoms with Crippen LogP contribution in [0, 0.1) is 22.9 Å². The van der Waals surface area contributed by atoms with Gasteiger partial charge in [0.1, 0.15) is 21.4 Å². The van der Waals surface area contributed by atoms with Gasteiger partial charge >= 0.3 is 0 Å². The van der Waals surface area contributed by atoms with Crippen LogP contribution in [0.4, 0.5) is 0 Å². The average Bonchev–Trinajstić information content (AvgIpc) is 2.65. The standard InChI is InChI=1S/C35H59PSi2/c1-31(2,3)26-24-28(32(4,5)6)30(29(25-26)33(7,8)9)36-27(20-22-37(16,17)34(10,11)12)21-23-38(18,19)35(13,14)15/h24-25H,1-19H3. The van der Waals surface area contributed by atoms with Crippen LogP contribution in [0.15, 0.2) is 12.1 Å². The highest BCUT2D eigenvalue weighted by atomic mass is 31.1. The van der Waals surface area contributed by atoms with Crippen molar-refractivity contribution in [2.75, 3.05) is 0 Å². The van der Waals surface area contributed by atoms with Gasteiger partial charge in [-0.2, -0.15) is 0 Å². The molecule has 3 heteroatoms. The van der Waals surface area contributed by atoms with E-state index >= 15 is 0 Å². The molecule has 0 unspecified atom stereocenters. The first kappa shape index (κ1) is 35.0. The lowest BCUT2D eigenvalue weighted by molar-refractivity contribution is 0.554. The minimum absolute atomic E-state index is 0.0222. The third-order valence-electron chi connectivity index (χ3n) is 8.55. The Kier molecular flexibility index (Phi) is 10.2. The third-order valence-corrected chi connectivity index (χ3v) is 18.7. The molecular weight excluding hydrogens is 508 g/mol. The summed E-state index contributed by atoms with van der Waals surface area (Å²) in [6, 6.07) is 4.94. The minimum atomic E-state index is -1.77. The highest BCUT2D eigenvalue weighted by Gasteiger charge is 2.35. The summed E-state index contributed by atoms with van der Waals surface area (Å²) in [6.45, 7) is 44.7. The third kappa shape index (κ3) is 8.98. The maximum Gasteiger partial charge on any atom is 0.138 e. The largest absolute Gasteiger partial charge is 0.138 e. The van der Waals surface area contributed by atoms with Crippen molar-refractivity contribution in [3.63, 3.8) is 0 Å². The van der Waals surface area contributed by atoms with Crippen molar-refractivity contribution in [1.82, 2.24) is 0 Å². The minimum Gasteiger partial charge on any atom is -0.125 e. The molecule has 0 aliphatic rings. The van der Waals surface area contributed by atoms with Crippen molar-refractivity contribution in [1.29, 1.82) is 0 Å². The maximum atomic E-state index is 3.80. The summed E-state index contributed by atoms with van der Waals surface area (Å²) in [5.74, 6) is 7.41. The molecule has 38 heavy (non-hydrogen) atoms. The van der Waals surface area contributed by atoms with Crippen molar-refractivity contribution < 1.29 is 0 Å². The van der Waals surface area contributed by atoms with Gasteiger partial charge in [0.15, 0.2) is 0 Å². The molecule has 0 saturated heterocycles. The second kappa shape index (κ2) is 11.1. The molecule has 212 valence electrons. The van der Waals surface area contributed by atoms with Crippen molar-refractivity contribution in [2.24, 2.45) is 0 Å². The molecule has 0 fully saturated rings. The van der Waals surface area contributed by atoms with Gasteiger partial charge in [-0.05, 0) is 51.2 Å². The summed E-state index contributed by atoms with van der Waals surface area (Å²) in [5.41, 5.74) is 12.0. The fourth-order valence-corrected chi connectivity index (χ4v) is 6.66. The van der Waals surface area contributed by atoms with Crippen molar-refractivity contribution in [3.05, 3.63) is 28.8 Å². The van der Waals surface area contributed by atoms with Gasteiger partial charge in [-0.25, -0.2) is 0 Å². The SMILES string of the molecule is CC(C)(C)c1cc(C(C)(C)C)c(P=C(C#C[Si](C)(C)C(C)(C)C)C#C[Si](C)(C)C(C)(C)C)c(C(C)(C)C)c1. The van der Waals surface area contributed by atoms with E-state index in [1.807, 2.05) is 0 Å². The highest BCUT2D eigenvalue weighted by molar-refractivity contribution is 7.51. The Morgan fingerprint density at radius 2 is 0.868 bits per heavy atom. The molecule has 0 radical (unpaired) electrons. The Hall–Kier alpha value is -1.06. The molecule has 0 aliphatic carbocycles. The molecule has 1 aromatic carbocycles. The van der Waals surface area contributed by atoms with E-state index in [1.165, 1.54) is 22.0 Å². The van der Waals surface area contributed by atoms with Crippen LogP contribution < -0.4 is 5.30 Å². The normalized spacial score (nSPS) is 14.0. The maximum absolute atomic E-state index is 3.80. The molecule has 0 aliphatic heterocycles. The van der Waals surface area contributed by atoms with E-state index in [1.54, 1.807) is 0 Å². The predicted octanol–water partition coefficient (Wildman–Crippen LogP) is 10.4. The summed E-state index contributed by atoms with van der Waals surface area (Å²) in [5, 5.41) is 2.91. The summed E-state index contributed by atoms with van der Waals surface area (Å²) in [6.07, 6.45) is 0. The first-order valence-corrected chi connectivity index (χ1v) is 21.2. The Labute approximate surface area is 242 Å². The molecular formula is C35H59PSi2. The second-order valence-electron chi connectivity index (χ2n) is 17.4. The smallest absolute Gasteiger partial charge is 0.125 e. The fraction of sp³-hybridized carbons (Fsp3) is 0.686. The van der Waals surface area contributed by atoms with Crippen molar-refractivity contribution in [3.8, 4) is 22.9 Å². The summed E-state index contributed by atoms with van der Waals surface area (Å²) < 4.78 is 0. The molecule has 0 heterocycles. The molecule has 1 rings (SSSR count). The van der Waals surface area contributed by atoms with Crippen LogP contribution in [0.3, 0.4) is 0 Å². The van der Waals surface area contributed by atoms with Gasteiger partial charge in [0.2, 0.25) is 0 Å². The van der Waals surface area contributed by atoms with Crippen molar-refractivity contribution >= 4 is 35.0 Å². The Morgan fingerprint density at radius 3 is 1.11 bits per heavy atom. The van der Waals surface area contributed by atoms with E-state index in [4.69, 9.17) is 0 Å². The van der Waals surface area contributed by atoms with Crippen molar-refractivity contribution in [2.45, 2.75) is 156 Å². The quantitative estimate of drug-likeness (QED) is 0.180. The van der Waals surface area contributed by atoms with E-state index < -0.39 is 16.1 Å². The summed E-state index contributed by atoms with van der Waals surface area (Å²) >= 11 is 0. The second-order valence-corrected chi connectivity index (χ2v) is 28.5. The Bertz CT molecular complexity index is 1090. The van der Waals surface area contributed by atoms with Gasteiger partial charge < -0.3 is 0 Å². The lowest BCUT2D eigenvalue weighted by Gasteiger charge is -2.33. The highest BCUT2D eigenvalue weighted by Crippen LogP contribution is 2.37. The van der Waals surface area contributed by atoms with E-state index in [0.717, 1.165) is 13.5 Å². The first-order valence-electron chi connectivity index (χ1n) is 14.4. The van der Waals surface area contributed by atoms with Crippen LogP contribution in [0.1, 0.15) is 121 Å². The van der Waals surface area contributed by atoms with E-state index in [2.05, 4.69) is 165 Å².